The van der Waals surface area contributed by atoms with Crippen molar-refractivity contribution in [2.75, 3.05) is 20.1 Å². The summed E-state index contributed by atoms with van der Waals surface area (Å²) in [6.45, 7) is 4.27. The van der Waals surface area contributed by atoms with Crippen LogP contribution in [0.1, 0.15) is 45.4 Å². The lowest BCUT2D eigenvalue weighted by Gasteiger charge is -2.36. The zero-order valence-corrected chi connectivity index (χ0v) is 11.2. The fourth-order valence-corrected chi connectivity index (χ4v) is 3.28. The fraction of sp³-hybridized carbons (Fsp3) is 0.929. The molecule has 3 nitrogen and oxygen atoms in total. The molecule has 2 aliphatic rings. The molecule has 3 heteroatoms. The number of carbonyl (C=O) groups excluding carboxylic acids is 1. The molecule has 1 aliphatic heterocycles. The van der Waals surface area contributed by atoms with Crippen LogP contribution in [0.2, 0.25) is 0 Å². The van der Waals surface area contributed by atoms with Gasteiger partial charge in [-0.1, -0.05) is 19.8 Å². The number of hydrogen-bond donors (Lipinski definition) is 1. The van der Waals surface area contributed by atoms with Gasteiger partial charge in [-0.05, 0) is 38.1 Å². The molecule has 17 heavy (non-hydrogen) atoms. The van der Waals surface area contributed by atoms with E-state index in [0.29, 0.717) is 11.9 Å². The van der Waals surface area contributed by atoms with E-state index in [2.05, 4.69) is 12.2 Å². The van der Waals surface area contributed by atoms with Gasteiger partial charge in [0.1, 0.15) is 0 Å². The van der Waals surface area contributed by atoms with Crippen LogP contribution in [0.15, 0.2) is 0 Å². The monoisotopic (exact) mass is 238 g/mol. The molecule has 0 spiro atoms. The lowest BCUT2D eigenvalue weighted by molar-refractivity contribution is -0.137. The summed E-state index contributed by atoms with van der Waals surface area (Å²) in [5.74, 6) is 1.38. The molecule has 1 saturated heterocycles. The molecule has 1 aliphatic carbocycles. The highest BCUT2D eigenvalue weighted by Crippen LogP contribution is 2.28. The van der Waals surface area contributed by atoms with Crippen molar-refractivity contribution in [3.8, 4) is 0 Å². The third kappa shape index (κ3) is 3.21. The van der Waals surface area contributed by atoms with Crippen LogP contribution in [0.4, 0.5) is 0 Å². The largest absolute Gasteiger partial charge is 0.342 e. The molecule has 1 heterocycles. The Morgan fingerprint density at radius 1 is 1.24 bits per heavy atom. The van der Waals surface area contributed by atoms with E-state index in [1.807, 2.05) is 11.9 Å². The van der Waals surface area contributed by atoms with Crippen LogP contribution in [-0.4, -0.2) is 37.0 Å². The van der Waals surface area contributed by atoms with Gasteiger partial charge in [-0.15, -0.1) is 0 Å². The Morgan fingerprint density at radius 2 is 2.06 bits per heavy atom. The molecule has 2 unspecified atom stereocenters. The standard InChI is InChI=1S/C14H26N2O/c1-11-5-3-7-13(9-11)16(2)14(17)12-6-4-8-15-10-12/h11-13,15H,3-10H2,1-2H3/t11?,12-,13?/m0/s1. The van der Waals surface area contributed by atoms with Gasteiger partial charge in [0.05, 0.1) is 5.92 Å². The van der Waals surface area contributed by atoms with Crippen molar-refractivity contribution in [3.63, 3.8) is 0 Å². The van der Waals surface area contributed by atoms with Gasteiger partial charge in [0, 0.05) is 19.6 Å². The van der Waals surface area contributed by atoms with Gasteiger partial charge < -0.3 is 10.2 Å². The van der Waals surface area contributed by atoms with E-state index >= 15 is 0 Å². The van der Waals surface area contributed by atoms with Gasteiger partial charge in [-0.25, -0.2) is 0 Å². The van der Waals surface area contributed by atoms with Gasteiger partial charge in [0.25, 0.3) is 0 Å². The van der Waals surface area contributed by atoms with Crippen LogP contribution < -0.4 is 5.32 Å². The zero-order valence-electron chi connectivity index (χ0n) is 11.2. The zero-order chi connectivity index (χ0) is 12.3. The topological polar surface area (TPSA) is 32.3 Å². The number of rotatable bonds is 2. The molecular formula is C14H26N2O. The molecule has 1 saturated carbocycles. The Morgan fingerprint density at radius 3 is 2.71 bits per heavy atom. The van der Waals surface area contributed by atoms with Crippen molar-refractivity contribution in [2.24, 2.45) is 11.8 Å². The van der Waals surface area contributed by atoms with Crippen molar-refractivity contribution >= 4 is 5.91 Å². The van der Waals surface area contributed by atoms with Crippen molar-refractivity contribution < 1.29 is 4.79 Å². The van der Waals surface area contributed by atoms with E-state index in [1.165, 1.54) is 25.7 Å². The van der Waals surface area contributed by atoms with Gasteiger partial charge in [-0.2, -0.15) is 0 Å². The van der Waals surface area contributed by atoms with Crippen LogP contribution in [0.3, 0.4) is 0 Å². The van der Waals surface area contributed by atoms with E-state index in [-0.39, 0.29) is 5.92 Å². The Bertz CT molecular complexity index is 261. The van der Waals surface area contributed by atoms with E-state index < -0.39 is 0 Å². The highest BCUT2D eigenvalue weighted by molar-refractivity contribution is 5.79. The minimum Gasteiger partial charge on any atom is -0.342 e. The van der Waals surface area contributed by atoms with Crippen LogP contribution in [0, 0.1) is 11.8 Å². The second-order valence-electron chi connectivity index (χ2n) is 5.92. The van der Waals surface area contributed by atoms with Crippen molar-refractivity contribution in [1.82, 2.24) is 10.2 Å². The molecule has 2 fully saturated rings. The molecule has 0 radical (unpaired) electrons. The lowest BCUT2D eigenvalue weighted by atomic mass is 9.85. The summed E-state index contributed by atoms with van der Waals surface area (Å²) >= 11 is 0. The Labute approximate surface area is 105 Å². The summed E-state index contributed by atoms with van der Waals surface area (Å²) < 4.78 is 0. The maximum atomic E-state index is 12.4. The Hall–Kier alpha value is -0.570. The first kappa shape index (κ1) is 12.9. The van der Waals surface area contributed by atoms with Crippen LogP contribution in [0.25, 0.3) is 0 Å². The summed E-state index contributed by atoms with van der Waals surface area (Å²) in [4.78, 5) is 14.4. The third-order valence-corrected chi connectivity index (χ3v) is 4.45. The normalized spacial score (nSPS) is 34.4. The van der Waals surface area contributed by atoms with Crippen molar-refractivity contribution in [2.45, 2.75) is 51.5 Å². The first-order valence-corrected chi connectivity index (χ1v) is 7.16. The summed E-state index contributed by atoms with van der Waals surface area (Å²) in [6, 6.07) is 0.494. The number of amides is 1. The first-order chi connectivity index (χ1) is 8.18. The van der Waals surface area contributed by atoms with Crippen molar-refractivity contribution in [3.05, 3.63) is 0 Å². The summed E-state index contributed by atoms with van der Waals surface area (Å²) in [6.07, 6.45) is 7.23. The highest BCUT2D eigenvalue weighted by Gasteiger charge is 2.30. The van der Waals surface area contributed by atoms with E-state index in [0.717, 1.165) is 31.8 Å². The molecule has 0 bridgehead atoms. The first-order valence-electron chi connectivity index (χ1n) is 7.16. The third-order valence-electron chi connectivity index (χ3n) is 4.45. The number of nitrogens with zero attached hydrogens (tertiary/aromatic N) is 1. The van der Waals surface area contributed by atoms with E-state index in [9.17, 15) is 4.79 Å². The maximum Gasteiger partial charge on any atom is 0.226 e. The average molecular weight is 238 g/mol. The van der Waals surface area contributed by atoms with E-state index in [1.54, 1.807) is 0 Å². The summed E-state index contributed by atoms with van der Waals surface area (Å²) in [5.41, 5.74) is 0. The Kier molecular flexibility index (Phi) is 4.43. The Balaban J connectivity index is 1.89. The molecular weight excluding hydrogens is 212 g/mol. The van der Waals surface area contributed by atoms with Crippen LogP contribution in [0.5, 0.6) is 0 Å². The molecule has 3 atom stereocenters. The maximum absolute atomic E-state index is 12.4. The molecule has 2 rings (SSSR count). The number of carbonyl (C=O) groups is 1. The van der Waals surface area contributed by atoms with Crippen LogP contribution >= 0.6 is 0 Å². The van der Waals surface area contributed by atoms with Gasteiger partial charge in [-0.3, -0.25) is 4.79 Å². The van der Waals surface area contributed by atoms with Gasteiger partial charge in [0.15, 0.2) is 0 Å². The smallest absolute Gasteiger partial charge is 0.226 e. The number of hydrogen-bond acceptors (Lipinski definition) is 2. The molecule has 0 aromatic heterocycles. The minimum absolute atomic E-state index is 0.228. The molecule has 1 N–H and O–H groups in total. The van der Waals surface area contributed by atoms with Gasteiger partial charge >= 0.3 is 0 Å². The number of nitrogens with one attached hydrogen (secondary N) is 1. The lowest BCUT2D eigenvalue weighted by Crippen LogP contribution is -2.46. The average Bonchev–Trinajstić information content (AvgIpc) is 2.38. The molecule has 98 valence electrons. The fourth-order valence-electron chi connectivity index (χ4n) is 3.28. The highest BCUT2D eigenvalue weighted by atomic mass is 16.2. The predicted molar refractivity (Wildman–Crippen MR) is 69.8 cm³/mol. The van der Waals surface area contributed by atoms with E-state index in [4.69, 9.17) is 0 Å². The quantitative estimate of drug-likeness (QED) is 0.798. The molecule has 1 amide bonds. The van der Waals surface area contributed by atoms with Crippen molar-refractivity contribution in [1.29, 1.82) is 0 Å². The second-order valence-corrected chi connectivity index (χ2v) is 5.92. The van der Waals surface area contributed by atoms with Crippen LogP contribution in [-0.2, 0) is 4.79 Å². The molecule has 0 aromatic rings. The molecule has 0 aromatic carbocycles. The van der Waals surface area contributed by atoms with Gasteiger partial charge in [0.2, 0.25) is 5.91 Å². The predicted octanol–water partition coefficient (Wildman–Crippen LogP) is 2.02. The number of piperidine rings is 1. The summed E-state index contributed by atoms with van der Waals surface area (Å²) in [5, 5.41) is 3.33. The summed E-state index contributed by atoms with van der Waals surface area (Å²) in [7, 11) is 2.01. The minimum atomic E-state index is 0.228. The second kappa shape index (κ2) is 5.85. The SMILES string of the molecule is CC1CCCC(N(C)C(=O)[C@H]2CCCNC2)C1.